The molecular weight excluding hydrogens is 126 g/mol. The van der Waals surface area contributed by atoms with Crippen molar-refractivity contribution in [2.24, 2.45) is 12.8 Å². The fraction of sp³-hybridized carbons (Fsp3) is 0.571. The highest BCUT2D eigenvalue weighted by Gasteiger charge is 2.03. The Hall–Kier alpha value is -0.830. The first-order chi connectivity index (χ1) is 4.74. The number of aryl methyl sites for hydroxylation is 1. The van der Waals surface area contributed by atoms with Gasteiger partial charge in [-0.05, 0) is 6.42 Å². The molecule has 0 aliphatic carbocycles. The second-order valence-electron chi connectivity index (χ2n) is 2.46. The summed E-state index contributed by atoms with van der Waals surface area (Å²) in [6, 6.07) is 0.147. The Labute approximate surface area is 60.8 Å². The van der Waals surface area contributed by atoms with Gasteiger partial charge in [0.1, 0.15) is 0 Å². The van der Waals surface area contributed by atoms with Crippen LogP contribution in [-0.4, -0.2) is 9.78 Å². The number of aromatic nitrogens is 2. The second kappa shape index (κ2) is 2.84. The molecule has 2 N–H and O–H groups in total. The van der Waals surface area contributed by atoms with Crippen LogP contribution in [0, 0.1) is 0 Å². The third-order valence-corrected chi connectivity index (χ3v) is 1.59. The number of nitrogens with two attached hydrogens (primary N) is 1. The van der Waals surface area contributed by atoms with Gasteiger partial charge < -0.3 is 5.73 Å². The summed E-state index contributed by atoms with van der Waals surface area (Å²) < 4.78 is 1.77. The van der Waals surface area contributed by atoms with Crippen molar-refractivity contribution in [2.45, 2.75) is 19.4 Å². The molecule has 0 radical (unpaired) electrons. The van der Waals surface area contributed by atoms with Gasteiger partial charge in [0.25, 0.3) is 0 Å². The van der Waals surface area contributed by atoms with Crippen molar-refractivity contribution in [3.05, 3.63) is 18.0 Å². The van der Waals surface area contributed by atoms with Crippen LogP contribution in [-0.2, 0) is 7.05 Å². The number of hydrogen-bond acceptors (Lipinski definition) is 2. The minimum absolute atomic E-state index is 0.147. The predicted molar refractivity (Wildman–Crippen MR) is 40.4 cm³/mol. The van der Waals surface area contributed by atoms with Gasteiger partial charge in [0.05, 0.1) is 6.20 Å². The van der Waals surface area contributed by atoms with E-state index in [2.05, 4.69) is 12.0 Å². The smallest absolute Gasteiger partial charge is 0.0537 e. The van der Waals surface area contributed by atoms with Gasteiger partial charge in [0.15, 0.2) is 0 Å². The molecule has 0 bridgehead atoms. The van der Waals surface area contributed by atoms with Crippen molar-refractivity contribution in [1.82, 2.24) is 9.78 Å². The molecule has 0 spiro atoms. The Balaban J connectivity index is 2.74. The average molecular weight is 139 g/mol. The first-order valence-corrected chi connectivity index (χ1v) is 3.48. The highest BCUT2D eigenvalue weighted by Crippen LogP contribution is 2.10. The summed E-state index contributed by atoms with van der Waals surface area (Å²) in [6.07, 6.45) is 4.73. The van der Waals surface area contributed by atoms with E-state index in [4.69, 9.17) is 5.73 Å². The van der Waals surface area contributed by atoms with Crippen molar-refractivity contribution in [3.8, 4) is 0 Å². The van der Waals surface area contributed by atoms with Crippen LogP contribution >= 0.6 is 0 Å². The van der Waals surface area contributed by atoms with Crippen LogP contribution in [0.15, 0.2) is 12.4 Å². The van der Waals surface area contributed by atoms with Crippen LogP contribution < -0.4 is 5.73 Å². The number of nitrogens with zero attached hydrogens (tertiary/aromatic N) is 2. The second-order valence-corrected chi connectivity index (χ2v) is 2.46. The molecule has 0 aliphatic rings. The van der Waals surface area contributed by atoms with Gasteiger partial charge in [0.2, 0.25) is 0 Å². The third kappa shape index (κ3) is 1.36. The number of rotatable bonds is 2. The maximum absolute atomic E-state index is 5.75. The fourth-order valence-electron chi connectivity index (χ4n) is 0.867. The molecule has 56 valence electrons. The minimum Gasteiger partial charge on any atom is -0.324 e. The lowest BCUT2D eigenvalue weighted by atomic mass is 10.1. The van der Waals surface area contributed by atoms with E-state index in [9.17, 15) is 0 Å². The molecule has 0 aromatic carbocycles. The molecule has 1 rings (SSSR count). The Morgan fingerprint density at radius 3 is 2.90 bits per heavy atom. The fourth-order valence-corrected chi connectivity index (χ4v) is 0.867. The summed E-state index contributed by atoms with van der Waals surface area (Å²) in [6.45, 7) is 2.07. The lowest BCUT2D eigenvalue weighted by molar-refractivity contribution is 0.696. The molecule has 0 fully saturated rings. The van der Waals surface area contributed by atoms with Crippen molar-refractivity contribution in [1.29, 1.82) is 0 Å². The lowest BCUT2D eigenvalue weighted by Crippen LogP contribution is -2.07. The van der Waals surface area contributed by atoms with E-state index in [1.54, 1.807) is 4.68 Å². The minimum atomic E-state index is 0.147. The molecule has 1 aromatic rings. The molecule has 1 heterocycles. The molecule has 3 heteroatoms. The van der Waals surface area contributed by atoms with E-state index in [0.29, 0.717) is 0 Å². The average Bonchev–Trinajstić information content (AvgIpc) is 2.34. The largest absolute Gasteiger partial charge is 0.324 e. The van der Waals surface area contributed by atoms with E-state index in [1.165, 1.54) is 0 Å². The summed E-state index contributed by atoms with van der Waals surface area (Å²) in [4.78, 5) is 0. The van der Waals surface area contributed by atoms with Crippen molar-refractivity contribution < 1.29 is 0 Å². The van der Waals surface area contributed by atoms with Crippen LogP contribution in [0.4, 0.5) is 0 Å². The Bertz CT molecular complexity index is 204. The summed E-state index contributed by atoms with van der Waals surface area (Å²) in [5.41, 5.74) is 6.87. The standard InChI is InChI=1S/C7H13N3/c1-3-7(8)6-4-9-10(2)5-6/h4-5,7H,3,8H2,1-2H3. The first-order valence-electron chi connectivity index (χ1n) is 3.48. The summed E-state index contributed by atoms with van der Waals surface area (Å²) in [5.74, 6) is 0. The molecule has 1 aromatic heterocycles. The Kier molecular flexibility index (Phi) is 2.06. The molecule has 0 saturated heterocycles. The highest BCUT2D eigenvalue weighted by molar-refractivity contribution is 5.08. The van der Waals surface area contributed by atoms with E-state index >= 15 is 0 Å². The molecule has 0 amide bonds. The predicted octanol–water partition coefficient (Wildman–Crippen LogP) is 0.830. The Morgan fingerprint density at radius 2 is 2.50 bits per heavy atom. The first kappa shape index (κ1) is 7.28. The maximum atomic E-state index is 5.75. The van der Waals surface area contributed by atoms with Crippen LogP contribution in [0.2, 0.25) is 0 Å². The van der Waals surface area contributed by atoms with Gasteiger partial charge in [-0.15, -0.1) is 0 Å². The molecule has 10 heavy (non-hydrogen) atoms. The van der Waals surface area contributed by atoms with E-state index in [-0.39, 0.29) is 6.04 Å². The van der Waals surface area contributed by atoms with Gasteiger partial charge in [-0.25, -0.2) is 0 Å². The lowest BCUT2D eigenvalue weighted by Gasteiger charge is -2.02. The van der Waals surface area contributed by atoms with Crippen molar-refractivity contribution in [3.63, 3.8) is 0 Å². The Morgan fingerprint density at radius 1 is 1.80 bits per heavy atom. The third-order valence-electron chi connectivity index (χ3n) is 1.59. The van der Waals surface area contributed by atoms with Crippen LogP contribution in [0.25, 0.3) is 0 Å². The molecule has 0 saturated carbocycles. The quantitative estimate of drug-likeness (QED) is 0.659. The topological polar surface area (TPSA) is 43.8 Å². The van der Waals surface area contributed by atoms with Gasteiger partial charge in [0, 0.05) is 24.8 Å². The van der Waals surface area contributed by atoms with Crippen LogP contribution in [0.1, 0.15) is 24.9 Å². The molecular formula is C7H13N3. The summed E-state index contributed by atoms with van der Waals surface area (Å²) in [7, 11) is 1.89. The van der Waals surface area contributed by atoms with Gasteiger partial charge in [-0.3, -0.25) is 4.68 Å². The molecule has 0 aliphatic heterocycles. The van der Waals surface area contributed by atoms with Gasteiger partial charge >= 0.3 is 0 Å². The monoisotopic (exact) mass is 139 g/mol. The highest BCUT2D eigenvalue weighted by atomic mass is 15.2. The summed E-state index contributed by atoms with van der Waals surface area (Å²) >= 11 is 0. The maximum Gasteiger partial charge on any atom is 0.0537 e. The van der Waals surface area contributed by atoms with Crippen LogP contribution in [0.5, 0.6) is 0 Å². The van der Waals surface area contributed by atoms with Gasteiger partial charge in [-0.1, -0.05) is 6.92 Å². The summed E-state index contributed by atoms with van der Waals surface area (Å²) in [5, 5.41) is 4.02. The number of hydrogen-bond donors (Lipinski definition) is 1. The molecule has 1 atom stereocenters. The van der Waals surface area contributed by atoms with Crippen LogP contribution in [0.3, 0.4) is 0 Å². The van der Waals surface area contributed by atoms with E-state index in [1.807, 2.05) is 19.4 Å². The van der Waals surface area contributed by atoms with Gasteiger partial charge in [-0.2, -0.15) is 5.10 Å². The molecule has 3 nitrogen and oxygen atoms in total. The van der Waals surface area contributed by atoms with E-state index in [0.717, 1.165) is 12.0 Å². The zero-order chi connectivity index (χ0) is 7.56. The molecule has 1 unspecified atom stereocenters. The normalized spacial score (nSPS) is 13.5. The zero-order valence-corrected chi connectivity index (χ0v) is 6.41. The zero-order valence-electron chi connectivity index (χ0n) is 6.41. The van der Waals surface area contributed by atoms with E-state index < -0.39 is 0 Å². The SMILES string of the molecule is CCC(N)c1cnn(C)c1. The van der Waals surface area contributed by atoms with Crippen molar-refractivity contribution >= 4 is 0 Å². The van der Waals surface area contributed by atoms with Crippen molar-refractivity contribution in [2.75, 3.05) is 0 Å².